The monoisotopic (exact) mass is 351 g/mol. The molecule has 8 nitrogen and oxygen atoms in total. The van der Waals surface area contributed by atoms with Crippen molar-refractivity contribution in [2.75, 3.05) is 36.5 Å². The van der Waals surface area contributed by atoms with E-state index in [1.807, 2.05) is 0 Å². The molecule has 1 amide bonds. The summed E-state index contributed by atoms with van der Waals surface area (Å²) >= 11 is 0. The number of carboxylic acid groups (broad SMARTS) is 1. The molecule has 1 aliphatic rings. The van der Waals surface area contributed by atoms with Gasteiger partial charge in [0, 0.05) is 24.8 Å². The van der Waals surface area contributed by atoms with Crippen molar-refractivity contribution in [3.8, 4) is 0 Å². The Balaban J connectivity index is 2.29. The highest BCUT2D eigenvalue weighted by Crippen LogP contribution is 2.25. The molecule has 2 rings (SSSR count). The lowest BCUT2D eigenvalue weighted by Crippen LogP contribution is -2.36. The van der Waals surface area contributed by atoms with Crippen LogP contribution in [0.3, 0.4) is 0 Å². The maximum Gasteiger partial charge on any atom is 0.413 e. The lowest BCUT2D eigenvalue weighted by Gasteiger charge is -2.29. The van der Waals surface area contributed by atoms with Crippen LogP contribution in [0.2, 0.25) is 0 Å². The Bertz CT molecular complexity index is 636. The second-order valence-corrected chi connectivity index (χ2v) is 6.92. The Labute approximate surface area is 147 Å². The number of aliphatic carboxylic acids is 1. The molecule has 0 spiro atoms. The van der Waals surface area contributed by atoms with Gasteiger partial charge in [0.1, 0.15) is 11.4 Å². The topological polar surface area (TPSA) is 101 Å². The molecule has 1 aromatic rings. The predicted molar refractivity (Wildman–Crippen MR) is 93.2 cm³/mol. The molecule has 1 aromatic heterocycles. The van der Waals surface area contributed by atoms with Gasteiger partial charge in [0.2, 0.25) is 0 Å². The third-order valence-electron chi connectivity index (χ3n) is 3.65. The second kappa shape index (κ2) is 7.69. The number of hydrogen-bond donors (Lipinski definition) is 2. The molecular weight excluding hydrogens is 326 g/mol. The fourth-order valence-corrected chi connectivity index (χ4v) is 2.36. The minimum Gasteiger partial charge on any atom is -0.481 e. The van der Waals surface area contributed by atoms with Gasteiger partial charge >= 0.3 is 12.1 Å². The third-order valence-corrected chi connectivity index (χ3v) is 3.65. The van der Waals surface area contributed by atoms with Crippen LogP contribution in [0.15, 0.2) is 12.1 Å². The average molecular weight is 351 g/mol. The molecule has 2 N–H and O–H groups in total. The number of pyridine rings is 1. The number of anilines is 2. The summed E-state index contributed by atoms with van der Waals surface area (Å²) in [5.74, 6) is -1.50. The molecule has 1 aliphatic heterocycles. The smallest absolute Gasteiger partial charge is 0.413 e. The molecule has 0 aromatic carbocycles. The van der Waals surface area contributed by atoms with Gasteiger partial charge in [-0.3, -0.25) is 10.1 Å². The first-order valence-corrected chi connectivity index (χ1v) is 8.23. The van der Waals surface area contributed by atoms with Crippen molar-refractivity contribution in [2.45, 2.75) is 39.2 Å². The zero-order valence-electron chi connectivity index (χ0n) is 15.0. The zero-order chi connectivity index (χ0) is 18.6. The Kier molecular flexibility index (Phi) is 5.84. The number of morpholine rings is 1. The van der Waals surface area contributed by atoms with Gasteiger partial charge in [0.15, 0.2) is 0 Å². The number of nitrogens with one attached hydrogen (secondary N) is 1. The van der Waals surface area contributed by atoms with Gasteiger partial charge in [-0.25, -0.2) is 9.78 Å². The van der Waals surface area contributed by atoms with Crippen molar-refractivity contribution in [3.05, 3.63) is 17.8 Å². The van der Waals surface area contributed by atoms with Crippen molar-refractivity contribution >= 4 is 23.6 Å². The van der Waals surface area contributed by atoms with E-state index in [1.54, 1.807) is 39.8 Å². The van der Waals surface area contributed by atoms with Gasteiger partial charge in [-0.05, 0) is 33.8 Å². The van der Waals surface area contributed by atoms with Gasteiger partial charge in [-0.15, -0.1) is 0 Å². The van der Waals surface area contributed by atoms with Crippen LogP contribution in [-0.2, 0) is 14.3 Å². The number of rotatable bonds is 4. The predicted octanol–water partition coefficient (Wildman–Crippen LogP) is 2.45. The molecule has 8 heteroatoms. The van der Waals surface area contributed by atoms with E-state index in [0.29, 0.717) is 32.0 Å². The standard InChI is InChI=1S/C17H25N3O5/c1-11(15(21)22)13-9-12(20-5-7-24-8-6-20)10-14(18-13)19-16(23)25-17(2,3)4/h9-11H,5-8H2,1-4H3,(H,21,22)(H,18,19,23). The first-order chi connectivity index (χ1) is 11.7. The molecule has 0 aliphatic carbocycles. The van der Waals surface area contributed by atoms with Crippen molar-refractivity contribution in [2.24, 2.45) is 0 Å². The minimum absolute atomic E-state index is 0.265. The summed E-state index contributed by atoms with van der Waals surface area (Å²) in [4.78, 5) is 29.7. The van der Waals surface area contributed by atoms with Crippen LogP contribution in [0.25, 0.3) is 0 Å². The first-order valence-electron chi connectivity index (χ1n) is 8.23. The van der Waals surface area contributed by atoms with E-state index in [4.69, 9.17) is 9.47 Å². The van der Waals surface area contributed by atoms with E-state index in [9.17, 15) is 14.7 Å². The van der Waals surface area contributed by atoms with Crippen LogP contribution < -0.4 is 10.2 Å². The highest BCUT2D eigenvalue weighted by Gasteiger charge is 2.22. The van der Waals surface area contributed by atoms with Crippen LogP contribution in [-0.4, -0.2) is 54.1 Å². The van der Waals surface area contributed by atoms with Crippen LogP contribution in [0.1, 0.15) is 39.3 Å². The van der Waals surface area contributed by atoms with E-state index >= 15 is 0 Å². The van der Waals surface area contributed by atoms with Crippen LogP contribution >= 0.6 is 0 Å². The summed E-state index contributed by atoms with van der Waals surface area (Å²) in [6, 6.07) is 3.46. The van der Waals surface area contributed by atoms with Crippen LogP contribution in [0.4, 0.5) is 16.3 Å². The minimum atomic E-state index is -0.977. The zero-order valence-corrected chi connectivity index (χ0v) is 15.0. The molecule has 1 saturated heterocycles. The molecule has 0 saturated carbocycles. The Morgan fingerprint density at radius 3 is 2.52 bits per heavy atom. The number of nitrogens with zero attached hydrogens (tertiary/aromatic N) is 2. The van der Waals surface area contributed by atoms with E-state index in [1.165, 1.54) is 0 Å². The number of hydrogen-bond acceptors (Lipinski definition) is 6. The quantitative estimate of drug-likeness (QED) is 0.859. The highest BCUT2D eigenvalue weighted by molar-refractivity contribution is 5.85. The number of carbonyl (C=O) groups excluding carboxylic acids is 1. The maximum atomic E-state index is 12.0. The number of amides is 1. The molecular formula is C17H25N3O5. The Morgan fingerprint density at radius 1 is 1.32 bits per heavy atom. The van der Waals surface area contributed by atoms with Crippen molar-refractivity contribution in [3.63, 3.8) is 0 Å². The fraction of sp³-hybridized carbons (Fsp3) is 0.588. The van der Waals surface area contributed by atoms with Crippen molar-refractivity contribution in [1.82, 2.24) is 4.98 Å². The molecule has 1 atom stereocenters. The van der Waals surface area contributed by atoms with Gasteiger partial charge in [0.25, 0.3) is 0 Å². The number of aromatic nitrogens is 1. The molecule has 2 heterocycles. The maximum absolute atomic E-state index is 12.0. The molecule has 0 radical (unpaired) electrons. The largest absolute Gasteiger partial charge is 0.481 e. The van der Waals surface area contributed by atoms with Crippen molar-refractivity contribution < 1.29 is 24.2 Å². The molecule has 138 valence electrons. The van der Waals surface area contributed by atoms with Gasteiger partial charge < -0.3 is 19.5 Å². The van der Waals surface area contributed by atoms with Gasteiger partial charge in [0.05, 0.1) is 24.8 Å². The number of ether oxygens (including phenoxy) is 2. The van der Waals surface area contributed by atoms with E-state index < -0.39 is 23.6 Å². The lowest BCUT2D eigenvalue weighted by atomic mass is 10.1. The summed E-state index contributed by atoms with van der Waals surface area (Å²) in [5.41, 5.74) is 0.540. The number of carboxylic acids is 1. The highest BCUT2D eigenvalue weighted by atomic mass is 16.6. The Hall–Kier alpha value is -2.35. The van der Waals surface area contributed by atoms with E-state index in [0.717, 1.165) is 5.69 Å². The average Bonchev–Trinajstić information content (AvgIpc) is 2.52. The van der Waals surface area contributed by atoms with Crippen molar-refractivity contribution in [1.29, 1.82) is 0 Å². The van der Waals surface area contributed by atoms with Crippen LogP contribution in [0, 0.1) is 0 Å². The summed E-state index contributed by atoms with van der Waals surface area (Å²) in [7, 11) is 0. The summed E-state index contributed by atoms with van der Waals surface area (Å²) in [6.07, 6.45) is -0.631. The molecule has 1 fully saturated rings. The lowest BCUT2D eigenvalue weighted by molar-refractivity contribution is -0.138. The molecule has 0 bridgehead atoms. The van der Waals surface area contributed by atoms with Gasteiger partial charge in [-0.2, -0.15) is 0 Å². The second-order valence-electron chi connectivity index (χ2n) is 6.92. The van der Waals surface area contributed by atoms with E-state index in [-0.39, 0.29) is 5.82 Å². The first kappa shape index (κ1) is 19.0. The summed E-state index contributed by atoms with van der Waals surface area (Å²) in [6.45, 7) is 9.44. The number of carbonyl (C=O) groups is 2. The molecule has 1 unspecified atom stereocenters. The van der Waals surface area contributed by atoms with Crippen LogP contribution in [0.5, 0.6) is 0 Å². The normalized spacial score (nSPS) is 16.2. The van der Waals surface area contributed by atoms with E-state index in [2.05, 4.69) is 15.2 Å². The summed E-state index contributed by atoms with van der Waals surface area (Å²) < 4.78 is 10.6. The Morgan fingerprint density at radius 2 is 1.96 bits per heavy atom. The third kappa shape index (κ3) is 5.60. The van der Waals surface area contributed by atoms with Gasteiger partial charge in [-0.1, -0.05) is 0 Å². The summed E-state index contributed by atoms with van der Waals surface area (Å²) in [5, 5.41) is 11.9. The fourth-order valence-electron chi connectivity index (χ4n) is 2.36. The molecule has 25 heavy (non-hydrogen) atoms. The SMILES string of the molecule is CC(C(=O)O)c1cc(N2CCOCC2)cc(NC(=O)OC(C)(C)C)n1.